The van der Waals surface area contributed by atoms with Gasteiger partial charge in [-0.1, -0.05) is 52.2 Å². The number of hydrogen-bond donors (Lipinski definition) is 3. The van der Waals surface area contributed by atoms with Crippen LogP contribution in [0.2, 0.25) is 0 Å². The van der Waals surface area contributed by atoms with Gasteiger partial charge in [-0.2, -0.15) is 0 Å². The predicted octanol–water partition coefficient (Wildman–Crippen LogP) is 5.64. The lowest BCUT2D eigenvalue weighted by molar-refractivity contribution is 0.413. The fourth-order valence-corrected chi connectivity index (χ4v) is 3.98. The molecule has 0 atom stereocenters. The van der Waals surface area contributed by atoms with Gasteiger partial charge in [-0.3, -0.25) is 0 Å². The number of anilines is 1. The third kappa shape index (κ3) is 5.73. The first-order valence-corrected chi connectivity index (χ1v) is 10.7. The van der Waals surface area contributed by atoms with E-state index in [1.165, 1.54) is 42.5 Å². The molecule has 1 aromatic heterocycles. The lowest BCUT2D eigenvalue weighted by Gasteiger charge is -2.26. The molecule has 1 heterocycles. The number of phenolic OH excluding ortho intramolecular Hbond substituents is 1. The summed E-state index contributed by atoms with van der Waals surface area (Å²) in [6.45, 7) is 7.17. The smallest absolute Gasteiger partial charge is 0.196 e. The summed E-state index contributed by atoms with van der Waals surface area (Å²) >= 11 is 1.71. The van der Waals surface area contributed by atoms with Crippen LogP contribution in [0, 0.1) is 0 Å². The molecule has 27 heavy (non-hydrogen) atoms. The van der Waals surface area contributed by atoms with E-state index < -0.39 is 0 Å². The average molecular weight is 386 g/mol. The summed E-state index contributed by atoms with van der Waals surface area (Å²) in [5, 5.41) is 19.4. The minimum Gasteiger partial charge on any atom is -0.506 e. The van der Waals surface area contributed by atoms with Gasteiger partial charge in [0.1, 0.15) is 5.75 Å². The molecule has 3 N–H and O–H groups in total. The summed E-state index contributed by atoms with van der Waals surface area (Å²) in [6, 6.07) is 10.4. The first-order chi connectivity index (χ1) is 12.9. The van der Waals surface area contributed by atoms with Gasteiger partial charge in [0.25, 0.3) is 0 Å². The van der Waals surface area contributed by atoms with Crippen LogP contribution in [0.25, 0.3) is 0 Å². The van der Waals surface area contributed by atoms with Crippen LogP contribution in [0.4, 0.5) is 5.69 Å². The van der Waals surface area contributed by atoms with Crippen molar-refractivity contribution < 1.29 is 5.11 Å². The first kappa shape index (κ1) is 19.7. The lowest BCUT2D eigenvalue weighted by atomic mass is 9.87. The van der Waals surface area contributed by atoms with E-state index in [9.17, 15) is 5.11 Å². The first-order valence-electron chi connectivity index (χ1n) is 9.86. The zero-order valence-corrected chi connectivity index (χ0v) is 17.4. The van der Waals surface area contributed by atoms with Crippen molar-refractivity contribution in [2.75, 3.05) is 5.32 Å². The van der Waals surface area contributed by atoms with Crippen LogP contribution < -0.4 is 10.6 Å². The third-order valence-electron chi connectivity index (χ3n) is 5.03. The molecule has 1 fully saturated rings. The van der Waals surface area contributed by atoms with E-state index in [1.54, 1.807) is 17.4 Å². The maximum atomic E-state index is 10.4. The van der Waals surface area contributed by atoms with Crippen LogP contribution in [0.1, 0.15) is 63.3 Å². The number of nitrogens with zero attached hydrogens (tertiary/aromatic N) is 1. The highest BCUT2D eigenvalue weighted by Gasteiger charge is 2.18. The van der Waals surface area contributed by atoms with Crippen molar-refractivity contribution in [2.24, 2.45) is 4.99 Å². The molecular formula is C22H31N3OS. The van der Waals surface area contributed by atoms with Crippen molar-refractivity contribution in [2.45, 2.75) is 70.9 Å². The van der Waals surface area contributed by atoms with E-state index in [4.69, 9.17) is 4.99 Å². The molecule has 2 aromatic rings. The molecule has 1 aliphatic carbocycles. The van der Waals surface area contributed by atoms with E-state index in [-0.39, 0.29) is 11.2 Å². The highest BCUT2D eigenvalue weighted by Crippen LogP contribution is 2.31. The summed E-state index contributed by atoms with van der Waals surface area (Å²) in [5.74, 6) is 0.994. The molecule has 4 nitrogen and oxygen atoms in total. The molecule has 1 saturated carbocycles. The normalized spacial score (nSPS) is 16.3. The van der Waals surface area contributed by atoms with Crippen LogP contribution in [0.3, 0.4) is 0 Å². The minimum absolute atomic E-state index is 0.0230. The summed E-state index contributed by atoms with van der Waals surface area (Å²) in [7, 11) is 0. The Morgan fingerprint density at radius 3 is 2.63 bits per heavy atom. The van der Waals surface area contributed by atoms with E-state index in [0.29, 0.717) is 18.3 Å². The van der Waals surface area contributed by atoms with Crippen LogP contribution in [-0.2, 0) is 12.0 Å². The van der Waals surface area contributed by atoms with Gasteiger partial charge in [-0.15, -0.1) is 11.3 Å². The summed E-state index contributed by atoms with van der Waals surface area (Å²) < 4.78 is 0. The lowest BCUT2D eigenvalue weighted by Crippen LogP contribution is -2.40. The predicted molar refractivity (Wildman–Crippen MR) is 116 cm³/mol. The summed E-state index contributed by atoms with van der Waals surface area (Å²) in [6.07, 6.45) is 6.20. The number of rotatable bonds is 4. The van der Waals surface area contributed by atoms with Gasteiger partial charge in [0.15, 0.2) is 5.96 Å². The molecule has 0 radical (unpaired) electrons. The Morgan fingerprint density at radius 2 is 1.96 bits per heavy atom. The third-order valence-corrected chi connectivity index (χ3v) is 5.90. The van der Waals surface area contributed by atoms with Crippen molar-refractivity contribution in [3.8, 4) is 5.75 Å². The van der Waals surface area contributed by atoms with Gasteiger partial charge < -0.3 is 15.7 Å². The summed E-state index contributed by atoms with van der Waals surface area (Å²) in [4.78, 5) is 6.01. The molecule has 146 valence electrons. The number of hydrogen-bond acceptors (Lipinski definition) is 3. The number of phenols is 1. The van der Waals surface area contributed by atoms with Gasteiger partial charge in [-0.05, 0) is 47.4 Å². The Hall–Kier alpha value is -2.01. The van der Waals surface area contributed by atoms with Crippen LogP contribution in [-0.4, -0.2) is 17.1 Å². The maximum Gasteiger partial charge on any atom is 0.196 e. The van der Waals surface area contributed by atoms with Crippen LogP contribution in [0.15, 0.2) is 40.7 Å². The number of thiophene rings is 1. The second-order valence-corrected chi connectivity index (χ2v) is 9.36. The Kier molecular flexibility index (Phi) is 6.42. The largest absolute Gasteiger partial charge is 0.506 e. The molecule has 1 aliphatic rings. The second-order valence-electron chi connectivity index (χ2n) is 8.33. The van der Waals surface area contributed by atoms with Crippen molar-refractivity contribution >= 4 is 23.0 Å². The average Bonchev–Trinajstić information content (AvgIpc) is 3.15. The van der Waals surface area contributed by atoms with E-state index in [2.05, 4.69) is 48.9 Å². The molecule has 0 unspecified atom stereocenters. The second kappa shape index (κ2) is 8.79. The molecular weight excluding hydrogens is 354 g/mol. The highest BCUT2D eigenvalue weighted by atomic mass is 32.1. The van der Waals surface area contributed by atoms with Crippen LogP contribution in [0.5, 0.6) is 5.75 Å². The monoisotopic (exact) mass is 385 g/mol. The topological polar surface area (TPSA) is 56.6 Å². The molecule has 0 amide bonds. The molecule has 0 aliphatic heterocycles. The van der Waals surface area contributed by atoms with Crippen molar-refractivity contribution in [1.82, 2.24) is 5.32 Å². The number of aliphatic imine (C=N–C) groups is 1. The Bertz CT molecular complexity index is 756. The Labute approximate surface area is 166 Å². The Balaban J connectivity index is 1.80. The standard InChI is InChI=1S/C22H31N3OS/c1-22(2,3)16-11-12-20(26)19(14-16)25-21(23-15-18-10-7-13-27-18)24-17-8-5-4-6-9-17/h7,10-14,17,26H,4-6,8-9,15H2,1-3H3,(H2,23,24,25). The highest BCUT2D eigenvalue weighted by molar-refractivity contribution is 7.09. The summed E-state index contributed by atoms with van der Waals surface area (Å²) in [5.41, 5.74) is 1.91. The van der Waals surface area contributed by atoms with Crippen LogP contribution >= 0.6 is 11.3 Å². The van der Waals surface area contributed by atoms with Crippen molar-refractivity contribution in [3.05, 3.63) is 46.2 Å². The number of benzene rings is 1. The molecule has 0 spiro atoms. The zero-order chi connectivity index (χ0) is 19.3. The molecule has 0 bridgehead atoms. The fraction of sp³-hybridized carbons (Fsp3) is 0.500. The molecule has 1 aromatic carbocycles. The Morgan fingerprint density at radius 1 is 1.19 bits per heavy atom. The van der Waals surface area contributed by atoms with E-state index in [1.807, 2.05) is 12.1 Å². The van der Waals surface area contributed by atoms with Gasteiger partial charge in [0.05, 0.1) is 12.2 Å². The van der Waals surface area contributed by atoms with Gasteiger partial charge in [0.2, 0.25) is 0 Å². The molecule has 0 saturated heterocycles. The van der Waals surface area contributed by atoms with Gasteiger partial charge in [0, 0.05) is 10.9 Å². The van der Waals surface area contributed by atoms with E-state index >= 15 is 0 Å². The zero-order valence-electron chi connectivity index (χ0n) is 16.6. The van der Waals surface area contributed by atoms with Crippen molar-refractivity contribution in [3.63, 3.8) is 0 Å². The SMILES string of the molecule is CC(C)(C)c1ccc(O)c(NC(=NCc2cccs2)NC2CCCCC2)c1. The molecule has 3 rings (SSSR count). The van der Waals surface area contributed by atoms with Crippen molar-refractivity contribution in [1.29, 1.82) is 0 Å². The number of nitrogens with one attached hydrogen (secondary N) is 2. The maximum absolute atomic E-state index is 10.4. The fourth-order valence-electron chi connectivity index (χ4n) is 3.35. The van der Waals surface area contributed by atoms with E-state index in [0.717, 1.165) is 5.96 Å². The minimum atomic E-state index is 0.0230. The molecule has 5 heteroatoms. The van der Waals surface area contributed by atoms with Gasteiger partial charge in [-0.25, -0.2) is 4.99 Å². The number of aromatic hydroxyl groups is 1. The number of guanidine groups is 1. The quantitative estimate of drug-likeness (QED) is 0.362. The van der Waals surface area contributed by atoms with Gasteiger partial charge >= 0.3 is 0 Å².